The number of nitrogens with one attached hydrogen (secondary N) is 2. The second kappa shape index (κ2) is 9.47. The number of methoxy groups -OCH3 is 1. The van der Waals surface area contributed by atoms with Gasteiger partial charge in [-0.05, 0) is 26.1 Å². The van der Waals surface area contributed by atoms with Crippen LogP contribution < -0.4 is 20.1 Å². The zero-order valence-electron chi connectivity index (χ0n) is 11.4. The number of hydrogen-bond acceptors (Lipinski definition) is 4. The molecular weight excluding hydrogens is 268 g/mol. The summed E-state index contributed by atoms with van der Waals surface area (Å²) in [7, 11) is 3.44. The maximum atomic E-state index is 11.5. The van der Waals surface area contributed by atoms with Gasteiger partial charge in [0.15, 0.2) is 6.61 Å². The number of halogens is 1. The predicted molar refractivity (Wildman–Crippen MR) is 77.3 cm³/mol. The Hall–Kier alpha value is -1.46. The highest BCUT2D eigenvalue weighted by atomic mass is 35.5. The number of likely N-dealkylation sites (N-methyl/N-ethyl adjacent to an activating group) is 1. The molecule has 0 aliphatic heterocycles. The van der Waals surface area contributed by atoms with Gasteiger partial charge in [-0.3, -0.25) is 4.79 Å². The Kier molecular flexibility index (Phi) is 8.74. The van der Waals surface area contributed by atoms with E-state index in [4.69, 9.17) is 9.47 Å². The molecule has 0 fully saturated rings. The van der Waals surface area contributed by atoms with Crippen molar-refractivity contribution < 1.29 is 14.3 Å². The molecule has 0 radical (unpaired) electrons. The van der Waals surface area contributed by atoms with Crippen molar-refractivity contribution in [3.8, 4) is 11.5 Å². The number of ether oxygens (including phenoxy) is 2. The monoisotopic (exact) mass is 288 g/mol. The topological polar surface area (TPSA) is 59.6 Å². The number of hydrogen-bond donors (Lipinski definition) is 2. The molecule has 0 heterocycles. The first-order valence-electron chi connectivity index (χ1n) is 5.86. The fraction of sp³-hybridized carbons (Fsp3) is 0.462. The standard InChI is InChI=1S/C13H20N2O3.ClH/c1-10(14-2)8-15-13(16)9-18-12-6-4-5-11(7-12)17-3;/h4-7,10,14H,8-9H2,1-3H3,(H,15,16);1H. The van der Waals surface area contributed by atoms with E-state index in [2.05, 4.69) is 10.6 Å². The van der Waals surface area contributed by atoms with Gasteiger partial charge in [-0.15, -0.1) is 12.4 Å². The second-order valence-electron chi connectivity index (χ2n) is 3.96. The van der Waals surface area contributed by atoms with Gasteiger partial charge in [0.25, 0.3) is 5.91 Å². The lowest BCUT2D eigenvalue weighted by Gasteiger charge is -2.12. The van der Waals surface area contributed by atoms with Crippen molar-refractivity contribution in [2.24, 2.45) is 0 Å². The molecule has 0 spiro atoms. The van der Waals surface area contributed by atoms with Crippen molar-refractivity contribution in [1.82, 2.24) is 10.6 Å². The van der Waals surface area contributed by atoms with Gasteiger partial charge in [0.2, 0.25) is 0 Å². The van der Waals surface area contributed by atoms with Crippen LogP contribution in [0.25, 0.3) is 0 Å². The molecule has 2 N–H and O–H groups in total. The molecule has 0 aliphatic rings. The quantitative estimate of drug-likeness (QED) is 0.792. The lowest BCUT2D eigenvalue weighted by molar-refractivity contribution is -0.123. The zero-order valence-corrected chi connectivity index (χ0v) is 12.3. The van der Waals surface area contributed by atoms with Crippen LogP contribution in [0.4, 0.5) is 0 Å². The van der Waals surface area contributed by atoms with Gasteiger partial charge in [-0.25, -0.2) is 0 Å². The van der Waals surface area contributed by atoms with Crippen LogP contribution in [0.3, 0.4) is 0 Å². The Morgan fingerprint density at radius 3 is 2.68 bits per heavy atom. The Balaban J connectivity index is 0.00000324. The van der Waals surface area contributed by atoms with Crippen molar-refractivity contribution >= 4 is 18.3 Å². The minimum Gasteiger partial charge on any atom is -0.497 e. The van der Waals surface area contributed by atoms with Crippen LogP contribution in [0.5, 0.6) is 11.5 Å². The van der Waals surface area contributed by atoms with Gasteiger partial charge < -0.3 is 20.1 Å². The molecule has 1 rings (SSSR count). The van der Waals surface area contributed by atoms with Crippen molar-refractivity contribution in [1.29, 1.82) is 0 Å². The first kappa shape index (κ1) is 17.5. The number of rotatable bonds is 7. The number of carbonyl (C=O) groups excluding carboxylic acids is 1. The van der Waals surface area contributed by atoms with Gasteiger partial charge >= 0.3 is 0 Å². The molecule has 1 atom stereocenters. The molecule has 0 saturated heterocycles. The number of amides is 1. The Morgan fingerprint density at radius 1 is 1.37 bits per heavy atom. The molecule has 5 nitrogen and oxygen atoms in total. The normalized spacial score (nSPS) is 11.1. The minimum atomic E-state index is -0.139. The summed E-state index contributed by atoms with van der Waals surface area (Å²) in [6.45, 7) is 2.57. The largest absolute Gasteiger partial charge is 0.497 e. The summed E-state index contributed by atoms with van der Waals surface area (Å²) in [6.07, 6.45) is 0. The second-order valence-corrected chi connectivity index (χ2v) is 3.96. The van der Waals surface area contributed by atoms with E-state index in [1.165, 1.54) is 0 Å². The average Bonchev–Trinajstić information content (AvgIpc) is 2.42. The summed E-state index contributed by atoms with van der Waals surface area (Å²) in [6, 6.07) is 7.40. The highest BCUT2D eigenvalue weighted by Gasteiger charge is 2.05. The third-order valence-corrected chi connectivity index (χ3v) is 2.51. The molecule has 108 valence electrons. The van der Waals surface area contributed by atoms with E-state index in [0.717, 1.165) is 0 Å². The molecule has 1 aromatic carbocycles. The van der Waals surface area contributed by atoms with E-state index < -0.39 is 0 Å². The van der Waals surface area contributed by atoms with E-state index >= 15 is 0 Å². The van der Waals surface area contributed by atoms with Crippen LogP contribution in [-0.2, 0) is 4.79 Å². The van der Waals surface area contributed by atoms with Crippen LogP contribution in [0.1, 0.15) is 6.92 Å². The van der Waals surface area contributed by atoms with Crippen molar-refractivity contribution in [3.63, 3.8) is 0 Å². The fourth-order valence-electron chi connectivity index (χ4n) is 1.26. The van der Waals surface area contributed by atoms with Gasteiger partial charge in [0, 0.05) is 18.7 Å². The molecule has 19 heavy (non-hydrogen) atoms. The summed E-state index contributed by atoms with van der Waals surface area (Å²) in [5.74, 6) is 1.18. The fourth-order valence-corrected chi connectivity index (χ4v) is 1.26. The molecule has 0 aliphatic carbocycles. The minimum absolute atomic E-state index is 0. The smallest absolute Gasteiger partial charge is 0.257 e. The van der Waals surface area contributed by atoms with E-state index in [-0.39, 0.29) is 31.0 Å². The van der Waals surface area contributed by atoms with Crippen LogP contribution in [0, 0.1) is 0 Å². The van der Waals surface area contributed by atoms with E-state index in [0.29, 0.717) is 18.0 Å². The number of carbonyl (C=O) groups is 1. The van der Waals surface area contributed by atoms with E-state index in [1.807, 2.05) is 26.1 Å². The molecule has 0 bridgehead atoms. The molecule has 1 amide bonds. The first-order valence-corrected chi connectivity index (χ1v) is 5.86. The zero-order chi connectivity index (χ0) is 13.4. The Labute approximate surface area is 120 Å². The highest BCUT2D eigenvalue weighted by molar-refractivity contribution is 5.85. The van der Waals surface area contributed by atoms with E-state index in [1.54, 1.807) is 19.2 Å². The van der Waals surface area contributed by atoms with Crippen LogP contribution in [0.15, 0.2) is 24.3 Å². The van der Waals surface area contributed by atoms with Crippen LogP contribution in [0.2, 0.25) is 0 Å². The summed E-state index contributed by atoms with van der Waals surface area (Å²) in [4.78, 5) is 11.5. The van der Waals surface area contributed by atoms with Crippen molar-refractivity contribution in [2.45, 2.75) is 13.0 Å². The average molecular weight is 289 g/mol. The third kappa shape index (κ3) is 6.88. The molecule has 6 heteroatoms. The SMILES string of the molecule is CNC(C)CNC(=O)COc1cccc(OC)c1.Cl. The maximum Gasteiger partial charge on any atom is 0.257 e. The van der Waals surface area contributed by atoms with Gasteiger partial charge in [-0.1, -0.05) is 6.07 Å². The number of benzene rings is 1. The van der Waals surface area contributed by atoms with E-state index in [9.17, 15) is 4.79 Å². The summed E-state index contributed by atoms with van der Waals surface area (Å²) >= 11 is 0. The Morgan fingerprint density at radius 2 is 2.05 bits per heavy atom. The Bertz CT molecular complexity index is 388. The summed E-state index contributed by atoms with van der Waals surface area (Å²) in [5, 5.41) is 5.81. The molecule has 0 saturated carbocycles. The molecule has 1 aromatic rings. The third-order valence-electron chi connectivity index (χ3n) is 2.51. The first-order chi connectivity index (χ1) is 8.65. The van der Waals surface area contributed by atoms with Gasteiger partial charge in [-0.2, -0.15) is 0 Å². The molecular formula is C13H21ClN2O3. The maximum absolute atomic E-state index is 11.5. The van der Waals surface area contributed by atoms with Crippen molar-refractivity contribution in [3.05, 3.63) is 24.3 Å². The summed E-state index contributed by atoms with van der Waals surface area (Å²) < 4.78 is 10.4. The van der Waals surface area contributed by atoms with Gasteiger partial charge in [0.1, 0.15) is 11.5 Å². The molecule has 1 unspecified atom stereocenters. The highest BCUT2D eigenvalue weighted by Crippen LogP contribution is 2.18. The van der Waals surface area contributed by atoms with Gasteiger partial charge in [0.05, 0.1) is 7.11 Å². The summed E-state index contributed by atoms with van der Waals surface area (Å²) in [5.41, 5.74) is 0. The van der Waals surface area contributed by atoms with Crippen molar-refractivity contribution in [2.75, 3.05) is 27.3 Å². The predicted octanol–water partition coefficient (Wildman–Crippen LogP) is 1.22. The molecule has 0 aromatic heterocycles. The lowest BCUT2D eigenvalue weighted by atomic mass is 10.3. The lowest BCUT2D eigenvalue weighted by Crippen LogP contribution is -2.39. The van der Waals surface area contributed by atoms with Crippen LogP contribution in [-0.4, -0.2) is 39.3 Å². The van der Waals surface area contributed by atoms with Crippen LogP contribution >= 0.6 is 12.4 Å².